The number of hydrogen-bond acceptors (Lipinski definition) is 4. The van der Waals surface area contributed by atoms with Crippen molar-refractivity contribution in [2.24, 2.45) is 5.92 Å². The third-order valence-corrected chi connectivity index (χ3v) is 4.00. The number of aromatic nitrogens is 2. The molecule has 1 aliphatic heterocycles. The number of hydrogen-bond donors (Lipinski definition) is 1. The summed E-state index contributed by atoms with van der Waals surface area (Å²) in [7, 11) is 1.92. The molecule has 0 radical (unpaired) electrons. The molecule has 1 aromatic rings. The predicted octanol–water partition coefficient (Wildman–Crippen LogP) is 3.44. The quantitative estimate of drug-likeness (QED) is 0.918. The largest absolute Gasteiger partial charge is 0.373 e. The van der Waals surface area contributed by atoms with E-state index < -0.39 is 0 Å². The predicted molar refractivity (Wildman–Crippen MR) is 85.5 cm³/mol. The molecule has 0 spiro atoms. The molecule has 0 saturated carbocycles. The van der Waals surface area contributed by atoms with Gasteiger partial charge in [-0.25, -0.2) is 9.97 Å². The van der Waals surface area contributed by atoms with E-state index in [1.165, 1.54) is 12.8 Å². The van der Waals surface area contributed by atoms with Crippen molar-refractivity contribution >= 4 is 11.6 Å². The summed E-state index contributed by atoms with van der Waals surface area (Å²) in [6.07, 6.45) is 2.52. The number of nitrogens with one attached hydrogen (secondary N) is 1. The van der Waals surface area contributed by atoms with Crippen LogP contribution in [0.15, 0.2) is 6.07 Å². The van der Waals surface area contributed by atoms with Crippen molar-refractivity contribution in [1.29, 1.82) is 0 Å². The van der Waals surface area contributed by atoms with Gasteiger partial charge in [0.1, 0.15) is 17.5 Å². The molecule has 1 aliphatic rings. The van der Waals surface area contributed by atoms with Gasteiger partial charge in [-0.1, -0.05) is 34.6 Å². The lowest BCUT2D eigenvalue weighted by Crippen LogP contribution is -2.34. The number of nitrogens with zero attached hydrogens (tertiary/aromatic N) is 3. The molecule has 2 heterocycles. The second-order valence-corrected chi connectivity index (χ2v) is 7.08. The van der Waals surface area contributed by atoms with E-state index in [4.69, 9.17) is 4.98 Å². The molecule has 0 aliphatic carbocycles. The lowest BCUT2D eigenvalue weighted by Gasteiger charge is -2.30. The van der Waals surface area contributed by atoms with Crippen molar-refractivity contribution in [1.82, 2.24) is 9.97 Å². The van der Waals surface area contributed by atoms with E-state index in [-0.39, 0.29) is 5.41 Å². The molecule has 4 heteroatoms. The Morgan fingerprint density at radius 2 is 2.00 bits per heavy atom. The normalized spacial score (nSPS) is 19.8. The number of anilines is 2. The Kier molecular flexibility index (Phi) is 4.21. The Balaban J connectivity index is 2.40. The van der Waals surface area contributed by atoms with Gasteiger partial charge in [-0.05, 0) is 18.8 Å². The van der Waals surface area contributed by atoms with Gasteiger partial charge in [-0.15, -0.1) is 0 Å². The zero-order chi connectivity index (χ0) is 14.9. The highest BCUT2D eigenvalue weighted by Gasteiger charge is 2.29. The Hall–Kier alpha value is -1.32. The van der Waals surface area contributed by atoms with E-state index in [1.54, 1.807) is 0 Å². The lowest BCUT2D eigenvalue weighted by molar-refractivity contribution is 0.486. The monoisotopic (exact) mass is 276 g/mol. The Morgan fingerprint density at radius 3 is 2.55 bits per heavy atom. The van der Waals surface area contributed by atoms with Crippen molar-refractivity contribution in [3.8, 4) is 0 Å². The van der Waals surface area contributed by atoms with E-state index in [9.17, 15) is 0 Å². The maximum atomic E-state index is 4.84. The van der Waals surface area contributed by atoms with Gasteiger partial charge in [0, 0.05) is 31.1 Å². The minimum absolute atomic E-state index is 0.0331. The summed E-state index contributed by atoms with van der Waals surface area (Å²) < 4.78 is 0. The van der Waals surface area contributed by atoms with Gasteiger partial charge in [0.05, 0.1) is 0 Å². The summed E-state index contributed by atoms with van der Waals surface area (Å²) in [5.41, 5.74) is -0.0331. The fourth-order valence-corrected chi connectivity index (χ4v) is 2.82. The van der Waals surface area contributed by atoms with Gasteiger partial charge in [0.15, 0.2) is 0 Å². The molecular weight excluding hydrogens is 248 g/mol. The van der Waals surface area contributed by atoms with E-state index in [0.717, 1.165) is 24.0 Å². The van der Waals surface area contributed by atoms with Crippen LogP contribution in [0.1, 0.15) is 53.3 Å². The highest BCUT2D eigenvalue weighted by Crippen LogP contribution is 2.31. The Labute approximate surface area is 123 Å². The topological polar surface area (TPSA) is 41.0 Å². The molecule has 1 fully saturated rings. The number of rotatable bonds is 3. The highest BCUT2D eigenvalue weighted by molar-refractivity contribution is 5.51. The first-order valence-corrected chi connectivity index (χ1v) is 7.67. The Morgan fingerprint density at radius 1 is 1.30 bits per heavy atom. The first-order chi connectivity index (χ1) is 9.32. The molecule has 0 bridgehead atoms. The summed E-state index contributed by atoms with van der Waals surface area (Å²) in [5, 5.41) is 3.17. The van der Waals surface area contributed by atoms with Gasteiger partial charge in [0.2, 0.25) is 0 Å². The van der Waals surface area contributed by atoms with Gasteiger partial charge in [-0.3, -0.25) is 0 Å². The lowest BCUT2D eigenvalue weighted by atomic mass is 9.95. The fourth-order valence-electron chi connectivity index (χ4n) is 2.82. The molecule has 1 unspecified atom stereocenters. The fraction of sp³-hybridized carbons (Fsp3) is 0.750. The minimum atomic E-state index is -0.0331. The van der Waals surface area contributed by atoms with Crippen molar-refractivity contribution < 1.29 is 0 Å². The third kappa shape index (κ3) is 3.05. The summed E-state index contributed by atoms with van der Waals surface area (Å²) >= 11 is 0. The van der Waals surface area contributed by atoms with Crippen LogP contribution in [0.4, 0.5) is 11.6 Å². The van der Waals surface area contributed by atoms with Gasteiger partial charge < -0.3 is 10.2 Å². The zero-order valence-corrected chi connectivity index (χ0v) is 13.7. The maximum Gasteiger partial charge on any atom is 0.138 e. The van der Waals surface area contributed by atoms with Crippen LogP contribution >= 0.6 is 0 Å². The molecule has 0 amide bonds. The van der Waals surface area contributed by atoms with E-state index in [0.29, 0.717) is 12.0 Å². The van der Waals surface area contributed by atoms with Gasteiger partial charge in [-0.2, -0.15) is 0 Å². The first-order valence-electron chi connectivity index (χ1n) is 7.67. The molecule has 1 aromatic heterocycles. The highest BCUT2D eigenvalue weighted by atomic mass is 15.2. The molecule has 1 atom stereocenters. The molecule has 4 nitrogen and oxygen atoms in total. The minimum Gasteiger partial charge on any atom is -0.373 e. The molecule has 112 valence electrons. The summed E-state index contributed by atoms with van der Waals surface area (Å²) in [5.74, 6) is 3.55. The van der Waals surface area contributed by atoms with Crippen LogP contribution in [0.3, 0.4) is 0 Å². The average Bonchev–Trinajstić information content (AvgIpc) is 2.86. The third-order valence-electron chi connectivity index (χ3n) is 4.00. The van der Waals surface area contributed by atoms with Crippen LogP contribution in [0, 0.1) is 5.92 Å². The van der Waals surface area contributed by atoms with Crippen LogP contribution in [-0.4, -0.2) is 29.6 Å². The van der Waals surface area contributed by atoms with E-state index in [2.05, 4.69) is 55.9 Å². The summed E-state index contributed by atoms with van der Waals surface area (Å²) in [6, 6.07) is 2.68. The average molecular weight is 276 g/mol. The molecule has 2 rings (SSSR count). The second kappa shape index (κ2) is 5.58. The molecule has 0 aromatic carbocycles. The van der Waals surface area contributed by atoms with Crippen LogP contribution in [-0.2, 0) is 5.41 Å². The van der Waals surface area contributed by atoms with Crippen molar-refractivity contribution in [3.63, 3.8) is 0 Å². The Bertz CT molecular complexity index is 462. The SMILES string of the molecule is CNc1cc(N2CCCC2C(C)C)nc(C(C)(C)C)n1. The molecule has 1 N–H and O–H groups in total. The molecular formula is C16H28N4. The second-order valence-electron chi connectivity index (χ2n) is 7.08. The van der Waals surface area contributed by atoms with Crippen LogP contribution in [0.25, 0.3) is 0 Å². The van der Waals surface area contributed by atoms with E-state index in [1.807, 2.05) is 7.05 Å². The van der Waals surface area contributed by atoms with Crippen molar-refractivity contribution in [2.45, 2.75) is 58.9 Å². The first kappa shape index (κ1) is 15.1. The van der Waals surface area contributed by atoms with Gasteiger partial charge >= 0.3 is 0 Å². The molecule has 20 heavy (non-hydrogen) atoms. The van der Waals surface area contributed by atoms with Crippen molar-refractivity contribution in [2.75, 3.05) is 23.8 Å². The smallest absolute Gasteiger partial charge is 0.138 e. The van der Waals surface area contributed by atoms with E-state index >= 15 is 0 Å². The van der Waals surface area contributed by atoms with Crippen LogP contribution in [0.5, 0.6) is 0 Å². The molecule has 1 saturated heterocycles. The zero-order valence-electron chi connectivity index (χ0n) is 13.7. The summed E-state index contributed by atoms with van der Waals surface area (Å²) in [4.78, 5) is 11.9. The van der Waals surface area contributed by atoms with Crippen molar-refractivity contribution in [3.05, 3.63) is 11.9 Å². The van der Waals surface area contributed by atoms with Gasteiger partial charge in [0.25, 0.3) is 0 Å². The maximum absolute atomic E-state index is 4.84. The van der Waals surface area contributed by atoms with Crippen LogP contribution < -0.4 is 10.2 Å². The standard InChI is InChI=1S/C16H28N4/c1-11(2)12-8-7-9-20(12)14-10-13(17-6)18-15(19-14)16(3,4)5/h10-12H,7-9H2,1-6H3,(H,17,18,19). The summed E-state index contributed by atoms with van der Waals surface area (Å²) in [6.45, 7) is 12.2. The van der Waals surface area contributed by atoms with Crippen LogP contribution in [0.2, 0.25) is 0 Å².